The number of benzene rings is 1. The first kappa shape index (κ1) is 20.5. The Labute approximate surface area is 158 Å². The molecule has 4 nitrogen and oxygen atoms in total. The number of aryl methyl sites for hydroxylation is 1. The second-order valence-corrected chi connectivity index (χ2v) is 7.49. The molecule has 0 bridgehead atoms. The van der Waals surface area contributed by atoms with E-state index in [1.54, 1.807) is 0 Å². The average molecular weight is 379 g/mol. The maximum absolute atomic E-state index is 12.8. The predicted molar refractivity (Wildman–Crippen MR) is 102 cm³/mol. The summed E-state index contributed by atoms with van der Waals surface area (Å²) in [6.07, 6.45) is 7.17. The number of carbonyl (C=O) groups excluding carboxylic acids is 2. The van der Waals surface area contributed by atoms with E-state index in [0.29, 0.717) is 6.42 Å². The minimum Gasteiger partial charge on any atom is -0.461 e. The third-order valence-electron chi connectivity index (χ3n) is 4.30. The van der Waals surface area contributed by atoms with E-state index in [1.807, 2.05) is 17.0 Å². The number of unbranched alkanes of at least 4 members (excludes halogenated alkanes) is 3. The quantitative estimate of drug-likeness (QED) is 0.239. The van der Waals surface area contributed by atoms with Gasteiger partial charge < -0.3 is 9.64 Å². The normalized spacial score (nSPS) is 16.3. The van der Waals surface area contributed by atoms with Gasteiger partial charge in [-0.25, -0.2) is 4.39 Å². The molecule has 142 valence electrons. The lowest BCUT2D eigenvalue weighted by atomic mass is 10.1. The molecule has 0 N–H and O–H groups in total. The third-order valence-corrected chi connectivity index (χ3v) is 5.51. The number of nitrogens with zero attached hydrogens (tertiary/aromatic N) is 1. The lowest BCUT2D eigenvalue weighted by Gasteiger charge is -2.39. The Kier molecular flexibility index (Phi) is 8.68. The van der Waals surface area contributed by atoms with E-state index in [4.69, 9.17) is 4.74 Å². The Bertz CT molecular complexity index is 606. The number of esters is 1. The van der Waals surface area contributed by atoms with Crippen molar-refractivity contribution >= 4 is 23.6 Å². The highest BCUT2D eigenvalue weighted by atomic mass is 32.2. The fourth-order valence-electron chi connectivity index (χ4n) is 2.82. The Balaban J connectivity index is 1.55. The van der Waals surface area contributed by atoms with Gasteiger partial charge in [-0.3, -0.25) is 9.59 Å². The second kappa shape index (κ2) is 11.0. The smallest absolute Gasteiger partial charge is 0.316 e. The number of hydrogen-bond acceptors (Lipinski definition) is 4. The van der Waals surface area contributed by atoms with Gasteiger partial charge in [-0.2, -0.15) is 0 Å². The highest BCUT2D eigenvalue weighted by Crippen LogP contribution is 2.29. The van der Waals surface area contributed by atoms with E-state index < -0.39 is 0 Å². The average Bonchev–Trinajstić information content (AvgIpc) is 2.63. The first-order chi connectivity index (χ1) is 12.6. The molecule has 0 radical (unpaired) electrons. The molecule has 1 aliphatic heterocycles. The number of β-lactam (4-membered cyclic amide) rings is 1. The Morgan fingerprint density at radius 1 is 1.27 bits per heavy atom. The molecule has 26 heavy (non-hydrogen) atoms. The van der Waals surface area contributed by atoms with Crippen LogP contribution in [0.2, 0.25) is 0 Å². The monoisotopic (exact) mass is 379 g/mol. The van der Waals surface area contributed by atoms with Gasteiger partial charge in [0.15, 0.2) is 0 Å². The van der Waals surface area contributed by atoms with Crippen molar-refractivity contribution in [2.24, 2.45) is 0 Å². The molecule has 0 aromatic heterocycles. The number of likely N-dealkylation sites (tertiary alicyclic amines) is 1. The largest absolute Gasteiger partial charge is 0.461 e. The fraction of sp³-hybridized carbons (Fsp3) is 0.500. The van der Waals surface area contributed by atoms with Crippen molar-refractivity contribution in [2.75, 3.05) is 18.9 Å². The van der Waals surface area contributed by atoms with Gasteiger partial charge in [0.25, 0.3) is 0 Å². The summed E-state index contributed by atoms with van der Waals surface area (Å²) in [6, 6.07) is 6.65. The zero-order valence-corrected chi connectivity index (χ0v) is 15.8. The maximum atomic E-state index is 12.8. The minimum absolute atomic E-state index is 0.0954. The van der Waals surface area contributed by atoms with Gasteiger partial charge in [0.2, 0.25) is 5.91 Å². The molecule has 1 fully saturated rings. The van der Waals surface area contributed by atoms with Crippen molar-refractivity contribution < 1.29 is 18.7 Å². The molecular weight excluding hydrogens is 353 g/mol. The molecular formula is C20H26FNO3S. The van der Waals surface area contributed by atoms with Crippen LogP contribution in [0.3, 0.4) is 0 Å². The van der Waals surface area contributed by atoms with E-state index >= 15 is 0 Å². The van der Waals surface area contributed by atoms with Crippen LogP contribution in [0.25, 0.3) is 0 Å². The van der Waals surface area contributed by atoms with Crippen LogP contribution in [0.15, 0.2) is 36.9 Å². The van der Waals surface area contributed by atoms with E-state index in [1.165, 1.54) is 30.0 Å². The molecule has 1 aromatic rings. The number of carbonyl (C=O) groups is 2. The van der Waals surface area contributed by atoms with Crippen LogP contribution in [-0.4, -0.2) is 41.1 Å². The van der Waals surface area contributed by atoms with E-state index in [9.17, 15) is 14.0 Å². The van der Waals surface area contributed by atoms with Crippen LogP contribution in [-0.2, 0) is 20.7 Å². The van der Waals surface area contributed by atoms with Gasteiger partial charge in [-0.05, 0) is 37.0 Å². The van der Waals surface area contributed by atoms with Crippen LogP contribution in [0.5, 0.6) is 0 Å². The van der Waals surface area contributed by atoms with Crippen molar-refractivity contribution in [3.63, 3.8) is 0 Å². The van der Waals surface area contributed by atoms with Crippen molar-refractivity contribution in [2.45, 2.75) is 43.9 Å². The summed E-state index contributed by atoms with van der Waals surface area (Å²) < 4.78 is 17.8. The van der Waals surface area contributed by atoms with Crippen molar-refractivity contribution in [3.8, 4) is 0 Å². The SMILES string of the molecule is C=CCOC(=O)CSC1CC(=O)N1CCCCCCc1ccc(F)cc1. The molecule has 0 saturated carbocycles. The second-order valence-electron chi connectivity index (χ2n) is 6.32. The van der Waals surface area contributed by atoms with Crippen LogP contribution < -0.4 is 0 Å². The number of ether oxygens (including phenoxy) is 1. The molecule has 0 aliphatic carbocycles. The first-order valence-electron chi connectivity index (χ1n) is 9.02. The lowest BCUT2D eigenvalue weighted by Crippen LogP contribution is -2.51. The number of amides is 1. The summed E-state index contributed by atoms with van der Waals surface area (Å²) in [5.41, 5.74) is 1.16. The molecule has 0 spiro atoms. The summed E-state index contributed by atoms with van der Waals surface area (Å²) in [5.74, 6) is -0.0439. The van der Waals surface area contributed by atoms with Gasteiger partial charge >= 0.3 is 5.97 Å². The van der Waals surface area contributed by atoms with Gasteiger partial charge in [0, 0.05) is 6.54 Å². The number of rotatable bonds is 12. The topological polar surface area (TPSA) is 46.6 Å². The molecule has 1 amide bonds. The molecule has 1 saturated heterocycles. The van der Waals surface area contributed by atoms with Crippen LogP contribution in [0.1, 0.15) is 37.7 Å². The summed E-state index contributed by atoms with van der Waals surface area (Å²) in [7, 11) is 0. The Morgan fingerprint density at radius 3 is 2.69 bits per heavy atom. The number of hydrogen-bond donors (Lipinski definition) is 0. The predicted octanol–water partition coefficient (Wildman–Crippen LogP) is 3.95. The lowest BCUT2D eigenvalue weighted by molar-refractivity contribution is -0.142. The van der Waals surface area contributed by atoms with Crippen molar-refractivity contribution in [3.05, 3.63) is 48.3 Å². The van der Waals surface area contributed by atoms with Crippen LogP contribution >= 0.6 is 11.8 Å². The molecule has 1 aliphatic rings. The first-order valence-corrected chi connectivity index (χ1v) is 10.1. The number of thioether (sulfide) groups is 1. The van der Waals surface area contributed by atoms with Gasteiger partial charge in [-0.1, -0.05) is 37.6 Å². The van der Waals surface area contributed by atoms with Crippen LogP contribution in [0, 0.1) is 5.82 Å². The van der Waals surface area contributed by atoms with Gasteiger partial charge in [-0.15, -0.1) is 11.8 Å². The van der Waals surface area contributed by atoms with E-state index in [-0.39, 0.29) is 35.4 Å². The Hall–Kier alpha value is -1.82. The highest BCUT2D eigenvalue weighted by Gasteiger charge is 2.36. The zero-order valence-electron chi connectivity index (χ0n) is 15.0. The van der Waals surface area contributed by atoms with Gasteiger partial charge in [0.1, 0.15) is 12.4 Å². The standard InChI is InChI=1S/C20H26FNO3S/c1-2-13-25-20(24)15-26-19-14-18(23)22(19)12-6-4-3-5-7-16-8-10-17(21)11-9-16/h2,8-11,19H,1,3-7,12-15H2. The molecule has 1 aromatic carbocycles. The maximum Gasteiger partial charge on any atom is 0.316 e. The third kappa shape index (κ3) is 6.83. The van der Waals surface area contributed by atoms with Crippen molar-refractivity contribution in [1.29, 1.82) is 0 Å². The Morgan fingerprint density at radius 2 is 2.00 bits per heavy atom. The van der Waals surface area contributed by atoms with E-state index in [0.717, 1.165) is 44.2 Å². The summed E-state index contributed by atoms with van der Waals surface area (Å²) in [5, 5.41) is 0.0954. The summed E-state index contributed by atoms with van der Waals surface area (Å²) in [4.78, 5) is 25.1. The molecule has 1 atom stereocenters. The summed E-state index contributed by atoms with van der Waals surface area (Å²) in [6.45, 7) is 4.47. The molecule has 1 heterocycles. The molecule has 6 heteroatoms. The number of halogens is 1. The molecule has 2 rings (SSSR count). The van der Waals surface area contributed by atoms with Crippen molar-refractivity contribution in [1.82, 2.24) is 4.90 Å². The van der Waals surface area contributed by atoms with E-state index in [2.05, 4.69) is 6.58 Å². The fourth-order valence-corrected chi connectivity index (χ4v) is 3.89. The zero-order chi connectivity index (χ0) is 18.8. The highest BCUT2D eigenvalue weighted by molar-refractivity contribution is 8.00. The minimum atomic E-state index is -0.269. The van der Waals surface area contributed by atoms with Crippen LogP contribution in [0.4, 0.5) is 4.39 Å². The summed E-state index contributed by atoms with van der Waals surface area (Å²) >= 11 is 1.47. The van der Waals surface area contributed by atoms with Gasteiger partial charge in [0.05, 0.1) is 17.5 Å². The molecule has 1 unspecified atom stereocenters.